The largest absolute Gasteiger partial charge is 0.451 e. The van der Waals surface area contributed by atoms with E-state index < -0.39 is 10.8 Å². The molecule has 4 aromatic rings. The summed E-state index contributed by atoms with van der Waals surface area (Å²) in [6.45, 7) is -0.207. The van der Waals surface area contributed by atoms with Crippen molar-refractivity contribution in [3.05, 3.63) is 87.3 Å². The van der Waals surface area contributed by atoms with E-state index in [4.69, 9.17) is 16.0 Å². The Balaban J connectivity index is 1.77. The number of para-hydroxylation sites is 1. The molecule has 2 heterocycles. The summed E-state index contributed by atoms with van der Waals surface area (Å²) in [5.74, 6) is -0.242. The van der Waals surface area contributed by atoms with E-state index >= 15 is 0 Å². The maximum Gasteiger partial charge on any atom is 0.298 e. The average Bonchev–Trinajstić information content (AvgIpc) is 3.32. The van der Waals surface area contributed by atoms with Crippen molar-refractivity contribution >= 4 is 34.1 Å². The summed E-state index contributed by atoms with van der Waals surface area (Å²) >= 11 is 5.84. The van der Waals surface area contributed by atoms with E-state index in [0.29, 0.717) is 11.1 Å². The van der Waals surface area contributed by atoms with E-state index in [-0.39, 0.29) is 34.4 Å². The number of furan rings is 1. The first-order valence-corrected chi connectivity index (χ1v) is 8.66. The van der Waals surface area contributed by atoms with Gasteiger partial charge < -0.3 is 9.52 Å². The third kappa shape index (κ3) is 2.96. The van der Waals surface area contributed by atoms with Crippen molar-refractivity contribution in [2.45, 2.75) is 6.61 Å². The Labute approximate surface area is 163 Å². The van der Waals surface area contributed by atoms with E-state index in [1.54, 1.807) is 18.3 Å². The molecule has 0 aliphatic heterocycles. The standard InChI is InChI=1S/C20H13ClN2O5/c21-13-5-6-15(17(9-13)23(26)27)18-7-8-19(28-18)20(25)22-10-12(11-24)14-3-1-2-4-16(14)22/h1-10,24H,11H2. The lowest BCUT2D eigenvalue weighted by Gasteiger charge is -2.02. The van der Waals surface area contributed by atoms with Gasteiger partial charge >= 0.3 is 0 Å². The van der Waals surface area contributed by atoms with E-state index in [1.165, 1.54) is 34.9 Å². The number of benzene rings is 2. The average molecular weight is 397 g/mol. The highest BCUT2D eigenvalue weighted by atomic mass is 35.5. The molecule has 140 valence electrons. The van der Waals surface area contributed by atoms with Crippen molar-refractivity contribution in [1.82, 2.24) is 4.57 Å². The summed E-state index contributed by atoms with van der Waals surface area (Å²) in [7, 11) is 0. The molecule has 0 saturated carbocycles. The van der Waals surface area contributed by atoms with Crippen molar-refractivity contribution in [1.29, 1.82) is 0 Å². The van der Waals surface area contributed by atoms with Crippen LogP contribution in [0.15, 0.2) is 65.2 Å². The van der Waals surface area contributed by atoms with Crippen molar-refractivity contribution in [2.24, 2.45) is 0 Å². The smallest absolute Gasteiger partial charge is 0.298 e. The van der Waals surface area contributed by atoms with Crippen LogP contribution in [0.1, 0.15) is 16.1 Å². The lowest BCUT2D eigenvalue weighted by molar-refractivity contribution is -0.384. The summed E-state index contributed by atoms with van der Waals surface area (Å²) in [4.78, 5) is 23.7. The first-order chi connectivity index (χ1) is 13.5. The third-order valence-corrected chi connectivity index (χ3v) is 4.66. The van der Waals surface area contributed by atoms with Crippen LogP contribution in [0.25, 0.3) is 22.2 Å². The summed E-state index contributed by atoms with van der Waals surface area (Å²) in [6.07, 6.45) is 1.56. The summed E-state index contributed by atoms with van der Waals surface area (Å²) in [5.41, 5.74) is 1.26. The van der Waals surface area contributed by atoms with Crippen LogP contribution in [0, 0.1) is 10.1 Å². The predicted molar refractivity (Wildman–Crippen MR) is 103 cm³/mol. The topological polar surface area (TPSA) is 98.5 Å². The van der Waals surface area contributed by atoms with Crippen LogP contribution in [0.5, 0.6) is 0 Å². The first kappa shape index (κ1) is 18.0. The van der Waals surface area contributed by atoms with Crippen molar-refractivity contribution in [2.75, 3.05) is 0 Å². The molecule has 1 N–H and O–H groups in total. The first-order valence-electron chi connectivity index (χ1n) is 8.28. The Morgan fingerprint density at radius 2 is 1.96 bits per heavy atom. The van der Waals surface area contributed by atoms with Crippen LogP contribution in [-0.2, 0) is 6.61 Å². The molecule has 2 aromatic heterocycles. The Morgan fingerprint density at radius 3 is 2.71 bits per heavy atom. The van der Waals surface area contributed by atoms with Gasteiger partial charge in [-0.1, -0.05) is 29.8 Å². The molecule has 0 aliphatic rings. The monoisotopic (exact) mass is 396 g/mol. The number of fused-ring (bicyclic) bond motifs is 1. The van der Waals surface area contributed by atoms with Crippen LogP contribution >= 0.6 is 11.6 Å². The quantitative estimate of drug-likeness (QED) is 0.400. The molecule has 28 heavy (non-hydrogen) atoms. The highest BCUT2D eigenvalue weighted by molar-refractivity contribution is 6.30. The molecule has 0 atom stereocenters. The van der Waals surface area contributed by atoms with Gasteiger partial charge in [0.05, 0.1) is 22.6 Å². The number of carbonyl (C=O) groups is 1. The number of nitro benzene ring substituents is 1. The van der Waals surface area contributed by atoms with E-state index in [9.17, 15) is 20.0 Å². The fourth-order valence-corrected chi connectivity index (χ4v) is 3.29. The van der Waals surface area contributed by atoms with Gasteiger partial charge in [-0.05, 0) is 30.3 Å². The molecule has 2 aromatic carbocycles. The number of rotatable bonds is 4. The Kier molecular flexibility index (Phi) is 4.46. The van der Waals surface area contributed by atoms with Crippen LogP contribution in [0.3, 0.4) is 0 Å². The molecule has 4 rings (SSSR count). The molecule has 8 heteroatoms. The van der Waals surface area contributed by atoms with E-state index in [0.717, 1.165) is 5.39 Å². The molecule has 0 amide bonds. The van der Waals surface area contributed by atoms with Gasteiger partial charge in [-0.2, -0.15) is 0 Å². The second kappa shape index (κ2) is 6.95. The summed E-state index contributed by atoms with van der Waals surface area (Å²) in [6, 6.07) is 14.4. The molecular weight excluding hydrogens is 384 g/mol. The second-order valence-corrected chi connectivity index (χ2v) is 6.52. The second-order valence-electron chi connectivity index (χ2n) is 6.09. The maximum atomic E-state index is 12.9. The molecular formula is C20H13ClN2O5. The zero-order valence-electron chi connectivity index (χ0n) is 14.3. The minimum Gasteiger partial charge on any atom is -0.451 e. The van der Waals surface area contributed by atoms with Gasteiger partial charge in [0.2, 0.25) is 0 Å². The number of nitro groups is 1. The lowest BCUT2D eigenvalue weighted by atomic mass is 10.1. The van der Waals surface area contributed by atoms with Crippen LogP contribution < -0.4 is 0 Å². The fourth-order valence-electron chi connectivity index (χ4n) is 3.12. The van der Waals surface area contributed by atoms with Gasteiger partial charge in [-0.3, -0.25) is 19.5 Å². The summed E-state index contributed by atoms with van der Waals surface area (Å²) < 4.78 is 7.02. The minimum absolute atomic E-state index is 0.0180. The van der Waals surface area contributed by atoms with Crippen LogP contribution in [-0.4, -0.2) is 20.5 Å². The van der Waals surface area contributed by atoms with Gasteiger partial charge in [0.1, 0.15) is 5.76 Å². The molecule has 0 spiro atoms. The molecule has 0 fully saturated rings. The molecule has 0 aliphatic carbocycles. The van der Waals surface area contributed by atoms with Crippen molar-refractivity contribution in [3.8, 4) is 11.3 Å². The molecule has 0 unspecified atom stereocenters. The molecule has 0 bridgehead atoms. The molecule has 7 nitrogen and oxygen atoms in total. The van der Waals surface area contributed by atoms with Gasteiger partial charge in [0, 0.05) is 28.2 Å². The van der Waals surface area contributed by atoms with E-state index in [2.05, 4.69) is 0 Å². The number of hydrogen-bond donors (Lipinski definition) is 1. The SMILES string of the molecule is O=C(c1ccc(-c2ccc(Cl)cc2[N+](=O)[O-])o1)n1cc(CO)c2ccccc21. The van der Waals surface area contributed by atoms with Crippen molar-refractivity contribution in [3.63, 3.8) is 0 Å². The lowest BCUT2D eigenvalue weighted by Crippen LogP contribution is -2.09. The Morgan fingerprint density at radius 1 is 1.18 bits per heavy atom. The van der Waals surface area contributed by atoms with Gasteiger partial charge in [-0.15, -0.1) is 0 Å². The highest BCUT2D eigenvalue weighted by Crippen LogP contribution is 2.34. The minimum atomic E-state index is -0.557. The van der Waals surface area contributed by atoms with Crippen LogP contribution in [0.2, 0.25) is 5.02 Å². The summed E-state index contributed by atoms with van der Waals surface area (Å²) in [5, 5.41) is 21.8. The number of aliphatic hydroxyl groups excluding tert-OH is 1. The Hall–Kier alpha value is -3.42. The van der Waals surface area contributed by atoms with E-state index in [1.807, 2.05) is 12.1 Å². The van der Waals surface area contributed by atoms with Crippen molar-refractivity contribution < 1.29 is 19.2 Å². The molecule has 0 saturated heterocycles. The highest BCUT2D eigenvalue weighted by Gasteiger charge is 2.22. The molecule has 0 radical (unpaired) electrons. The third-order valence-electron chi connectivity index (χ3n) is 4.42. The number of carbonyl (C=O) groups excluding carboxylic acids is 1. The fraction of sp³-hybridized carbons (Fsp3) is 0.0500. The van der Waals surface area contributed by atoms with Crippen LogP contribution in [0.4, 0.5) is 5.69 Å². The number of aromatic nitrogens is 1. The number of halogens is 1. The van der Waals surface area contributed by atoms with Gasteiger partial charge in [0.25, 0.3) is 11.6 Å². The number of aliphatic hydroxyl groups is 1. The zero-order chi connectivity index (χ0) is 19.8. The number of nitrogens with zero attached hydrogens (tertiary/aromatic N) is 2. The maximum absolute atomic E-state index is 12.9. The normalized spacial score (nSPS) is 11.1. The Bertz CT molecular complexity index is 1220. The van der Waals surface area contributed by atoms with Gasteiger partial charge in [0.15, 0.2) is 5.76 Å². The zero-order valence-corrected chi connectivity index (χ0v) is 15.1. The predicted octanol–water partition coefficient (Wildman–Crippen LogP) is 4.64. The number of hydrogen-bond acceptors (Lipinski definition) is 5. The van der Waals surface area contributed by atoms with Gasteiger partial charge in [-0.25, -0.2) is 0 Å².